The Hall–Kier alpha value is -1.24. The van der Waals surface area contributed by atoms with E-state index in [-0.39, 0.29) is 0 Å². The van der Waals surface area contributed by atoms with Gasteiger partial charge < -0.3 is 10.1 Å². The second-order valence-electron chi connectivity index (χ2n) is 1.97. The van der Waals surface area contributed by atoms with Crippen molar-refractivity contribution < 1.29 is 9.53 Å². The smallest absolute Gasteiger partial charge is 0.407 e. The zero-order valence-corrected chi connectivity index (χ0v) is 6.59. The van der Waals surface area contributed by atoms with Gasteiger partial charge in [0.1, 0.15) is 0 Å². The average Bonchev–Trinajstić information content (AvgIpc) is 2.01. The molecule has 0 bridgehead atoms. The van der Waals surface area contributed by atoms with E-state index in [0.29, 0.717) is 19.6 Å². The van der Waals surface area contributed by atoms with Crippen molar-refractivity contribution in [1.29, 1.82) is 5.26 Å². The molecule has 1 N–H and O–H groups in total. The first kappa shape index (κ1) is 9.76. The van der Waals surface area contributed by atoms with Crippen molar-refractivity contribution in [3.63, 3.8) is 0 Å². The zero-order valence-electron chi connectivity index (χ0n) is 6.59. The van der Waals surface area contributed by atoms with Gasteiger partial charge in [0.25, 0.3) is 0 Å². The molecule has 0 aromatic rings. The maximum Gasteiger partial charge on any atom is 0.407 e. The Morgan fingerprint density at radius 1 is 1.73 bits per heavy atom. The SMILES string of the molecule is CCCOC(=O)NCCC#N. The largest absolute Gasteiger partial charge is 0.450 e. The number of amides is 1. The molecule has 0 fully saturated rings. The van der Waals surface area contributed by atoms with Crippen molar-refractivity contribution >= 4 is 6.09 Å². The van der Waals surface area contributed by atoms with Gasteiger partial charge in [-0.15, -0.1) is 0 Å². The molecular weight excluding hydrogens is 144 g/mol. The molecular formula is C7H12N2O2. The van der Waals surface area contributed by atoms with Gasteiger partial charge in [0.15, 0.2) is 0 Å². The summed E-state index contributed by atoms with van der Waals surface area (Å²) in [4.78, 5) is 10.6. The summed E-state index contributed by atoms with van der Waals surface area (Å²) < 4.78 is 4.68. The van der Waals surface area contributed by atoms with Crippen molar-refractivity contribution in [2.75, 3.05) is 13.2 Å². The molecule has 4 nitrogen and oxygen atoms in total. The molecule has 0 aliphatic heterocycles. The molecule has 4 heteroatoms. The highest BCUT2D eigenvalue weighted by molar-refractivity contribution is 5.66. The summed E-state index contributed by atoms with van der Waals surface area (Å²) in [7, 11) is 0. The maximum atomic E-state index is 10.6. The number of hydrogen-bond donors (Lipinski definition) is 1. The fraction of sp³-hybridized carbons (Fsp3) is 0.714. The number of hydrogen-bond acceptors (Lipinski definition) is 3. The Morgan fingerprint density at radius 3 is 3.00 bits per heavy atom. The molecule has 0 rings (SSSR count). The van der Waals surface area contributed by atoms with Gasteiger partial charge in [-0.3, -0.25) is 0 Å². The van der Waals surface area contributed by atoms with Crippen molar-refractivity contribution in [2.24, 2.45) is 0 Å². The summed E-state index contributed by atoms with van der Waals surface area (Å²) in [5.41, 5.74) is 0. The average molecular weight is 156 g/mol. The minimum Gasteiger partial charge on any atom is -0.450 e. The van der Waals surface area contributed by atoms with Gasteiger partial charge in [-0.2, -0.15) is 5.26 Å². The van der Waals surface area contributed by atoms with Gasteiger partial charge in [0, 0.05) is 6.54 Å². The molecule has 0 spiro atoms. The molecule has 0 aromatic carbocycles. The van der Waals surface area contributed by atoms with E-state index in [2.05, 4.69) is 10.1 Å². The number of nitrogens with one attached hydrogen (secondary N) is 1. The standard InChI is InChI=1S/C7H12N2O2/c1-2-6-11-7(10)9-5-3-4-8/h2-3,5-6H2,1H3,(H,9,10). The summed E-state index contributed by atoms with van der Waals surface area (Å²) in [6.45, 7) is 2.71. The van der Waals surface area contributed by atoms with Gasteiger partial charge >= 0.3 is 6.09 Å². The molecule has 0 aliphatic carbocycles. The van der Waals surface area contributed by atoms with E-state index in [1.807, 2.05) is 13.0 Å². The van der Waals surface area contributed by atoms with Crippen LogP contribution in [0, 0.1) is 11.3 Å². The van der Waals surface area contributed by atoms with E-state index in [1.54, 1.807) is 0 Å². The summed E-state index contributed by atoms with van der Waals surface area (Å²) >= 11 is 0. The summed E-state index contributed by atoms with van der Waals surface area (Å²) in [6.07, 6.45) is 0.689. The highest BCUT2D eigenvalue weighted by Crippen LogP contribution is 1.81. The Bertz CT molecular complexity index is 151. The highest BCUT2D eigenvalue weighted by Gasteiger charge is 1.97. The first-order valence-electron chi connectivity index (χ1n) is 3.58. The molecule has 0 radical (unpaired) electrons. The van der Waals surface area contributed by atoms with Crippen LogP contribution in [0.4, 0.5) is 4.79 Å². The normalized spacial score (nSPS) is 8.36. The fourth-order valence-corrected chi connectivity index (χ4v) is 0.466. The number of ether oxygens (including phenoxy) is 1. The van der Waals surface area contributed by atoms with Crippen molar-refractivity contribution in [3.05, 3.63) is 0 Å². The Morgan fingerprint density at radius 2 is 2.45 bits per heavy atom. The molecule has 0 aliphatic rings. The Kier molecular flexibility index (Phi) is 6.10. The molecule has 62 valence electrons. The number of rotatable bonds is 4. The molecule has 0 heterocycles. The number of nitriles is 1. The minimum atomic E-state index is -0.442. The van der Waals surface area contributed by atoms with Gasteiger partial charge in [-0.1, -0.05) is 6.92 Å². The van der Waals surface area contributed by atoms with Gasteiger partial charge in [0.05, 0.1) is 19.1 Å². The first-order chi connectivity index (χ1) is 5.31. The van der Waals surface area contributed by atoms with Crippen LogP contribution in [0.25, 0.3) is 0 Å². The van der Waals surface area contributed by atoms with Crippen LogP contribution in [0.15, 0.2) is 0 Å². The van der Waals surface area contributed by atoms with Crippen LogP contribution in [0.2, 0.25) is 0 Å². The number of nitrogens with zero attached hydrogens (tertiary/aromatic N) is 1. The van der Waals surface area contributed by atoms with E-state index in [4.69, 9.17) is 5.26 Å². The third-order valence-electron chi connectivity index (χ3n) is 0.943. The third kappa shape index (κ3) is 6.65. The maximum absolute atomic E-state index is 10.6. The van der Waals surface area contributed by atoms with E-state index in [1.165, 1.54) is 0 Å². The van der Waals surface area contributed by atoms with Crippen LogP contribution >= 0.6 is 0 Å². The monoisotopic (exact) mass is 156 g/mol. The lowest BCUT2D eigenvalue weighted by Gasteiger charge is -2.02. The van der Waals surface area contributed by atoms with E-state index >= 15 is 0 Å². The van der Waals surface area contributed by atoms with Crippen molar-refractivity contribution in [1.82, 2.24) is 5.32 Å². The molecule has 0 aromatic heterocycles. The second kappa shape index (κ2) is 6.87. The number of carbonyl (C=O) groups is 1. The van der Waals surface area contributed by atoms with Crippen LogP contribution in [0.3, 0.4) is 0 Å². The van der Waals surface area contributed by atoms with Crippen LogP contribution < -0.4 is 5.32 Å². The Balaban J connectivity index is 3.17. The summed E-state index contributed by atoms with van der Waals surface area (Å²) in [6, 6.07) is 1.91. The van der Waals surface area contributed by atoms with E-state index < -0.39 is 6.09 Å². The molecule has 0 saturated carbocycles. The summed E-state index contributed by atoms with van der Waals surface area (Å²) in [5, 5.41) is 10.5. The van der Waals surface area contributed by atoms with Crippen LogP contribution in [0.1, 0.15) is 19.8 Å². The molecule has 0 unspecified atom stereocenters. The second-order valence-corrected chi connectivity index (χ2v) is 1.97. The third-order valence-corrected chi connectivity index (χ3v) is 0.943. The molecule has 1 amide bonds. The first-order valence-corrected chi connectivity index (χ1v) is 3.58. The fourth-order valence-electron chi connectivity index (χ4n) is 0.466. The summed E-state index contributed by atoms with van der Waals surface area (Å²) in [5.74, 6) is 0. The highest BCUT2D eigenvalue weighted by atomic mass is 16.5. The molecule has 0 saturated heterocycles. The molecule has 11 heavy (non-hydrogen) atoms. The quantitative estimate of drug-likeness (QED) is 0.618. The predicted molar refractivity (Wildman–Crippen MR) is 39.9 cm³/mol. The van der Waals surface area contributed by atoms with Crippen LogP contribution in [0.5, 0.6) is 0 Å². The lowest BCUT2D eigenvalue weighted by Crippen LogP contribution is -2.25. The zero-order chi connectivity index (χ0) is 8.53. The number of alkyl carbamates (subject to hydrolysis) is 1. The van der Waals surface area contributed by atoms with Crippen LogP contribution in [-0.2, 0) is 4.74 Å². The van der Waals surface area contributed by atoms with Gasteiger partial charge in [-0.05, 0) is 6.42 Å². The van der Waals surface area contributed by atoms with Gasteiger partial charge in [0.2, 0.25) is 0 Å². The lowest BCUT2D eigenvalue weighted by atomic mass is 10.5. The molecule has 0 atom stereocenters. The Labute approximate surface area is 66.1 Å². The topological polar surface area (TPSA) is 62.1 Å². The van der Waals surface area contributed by atoms with E-state index in [0.717, 1.165) is 6.42 Å². The lowest BCUT2D eigenvalue weighted by molar-refractivity contribution is 0.146. The van der Waals surface area contributed by atoms with E-state index in [9.17, 15) is 4.79 Å². The minimum absolute atomic E-state index is 0.321. The van der Waals surface area contributed by atoms with Crippen molar-refractivity contribution in [2.45, 2.75) is 19.8 Å². The number of carbonyl (C=O) groups excluding carboxylic acids is 1. The van der Waals surface area contributed by atoms with Gasteiger partial charge in [-0.25, -0.2) is 4.79 Å². The van der Waals surface area contributed by atoms with Crippen molar-refractivity contribution in [3.8, 4) is 6.07 Å². The predicted octanol–water partition coefficient (Wildman–Crippen LogP) is 1.04. The van der Waals surface area contributed by atoms with Crippen LogP contribution in [-0.4, -0.2) is 19.2 Å².